The lowest BCUT2D eigenvalue weighted by Crippen LogP contribution is -2.36. The van der Waals surface area contributed by atoms with Crippen LogP contribution in [0.25, 0.3) is 0 Å². The summed E-state index contributed by atoms with van der Waals surface area (Å²) in [5.74, 6) is 0.369. The lowest BCUT2D eigenvalue weighted by Gasteiger charge is -2.13. The molecule has 2 aromatic rings. The van der Waals surface area contributed by atoms with Gasteiger partial charge in [0.1, 0.15) is 0 Å². The number of benzene rings is 2. The first-order chi connectivity index (χ1) is 12.8. The van der Waals surface area contributed by atoms with Crippen LogP contribution in [0.4, 0.5) is 18.9 Å². The molecule has 5 nitrogen and oxygen atoms in total. The smallest absolute Gasteiger partial charge is 0.352 e. The molecule has 0 aliphatic heterocycles. The Morgan fingerprint density at radius 2 is 1.63 bits per heavy atom. The average Bonchev–Trinajstić information content (AvgIpc) is 2.61. The topological polar surface area (TPSA) is 65.5 Å². The van der Waals surface area contributed by atoms with Gasteiger partial charge in [-0.15, -0.1) is 0 Å². The van der Waals surface area contributed by atoms with E-state index in [0.717, 1.165) is 17.7 Å². The molecule has 0 heterocycles. The molecule has 2 rings (SSSR count). The molecule has 0 atom stereocenters. The van der Waals surface area contributed by atoms with Gasteiger partial charge >= 0.3 is 6.18 Å². The fourth-order valence-electron chi connectivity index (χ4n) is 2.37. The number of aliphatic imine (C=N–C) groups is 1. The zero-order chi connectivity index (χ0) is 19.9. The van der Waals surface area contributed by atoms with Crippen LogP contribution in [0.3, 0.4) is 0 Å². The van der Waals surface area contributed by atoms with E-state index in [1.807, 2.05) is 18.2 Å². The standard InChI is InChI=1S/C19H21F3N4O/c1-13(27)26-17-5-3-4-15(10-17)12-25-18(23-2)24-11-14-6-8-16(9-7-14)19(20,21)22/h3-10H,11-12H2,1-2H3,(H,26,27)(H2,23,24,25). The molecule has 0 spiro atoms. The van der Waals surface area contributed by atoms with Crippen LogP contribution in [0.2, 0.25) is 0 Å². The second kappa shape index (κ2) is 9.07. The van der Waals surface area contributed by atoms with Gasteiger partial charge in [-0.3, -0.25) is 9.79 Å². The normalized spacial score (nSPS) is 11.8. The Kier molecular flexibility index (Phi) is 6.81. The molecule has 0 saturated carbocycles. The van der Waals surface area contributed by atoms with Gasteiger partial charge in [0.25, 0.3) is 0 Å². The molecule has 8 heteroatoms. The number of rotatable bonds is 5. The van der Waals surface area contributed by atoms with Crippen molar-refractivity contribution < 1.29 is 18.0 Å². The highest BCUT2D eigenvalue weighted by atomic mass is 19.4. The Bertz CT molecular complexity index is 801. The lowest BCUT2D eigenvalue weighted by molar-refractivity contribution is -0.137. The molecule has 0 aliphatic rings. The van der Waals surface area contributed by atoms with Gasteiger partial charge in [-0.25, -0.2) is 0 Å². The van der Waals surface area contributed by atoms with E-state index in [4.69, 9.17) is 0 Å². The van der Waals surface area contributed by atoms with E-state index in [2.05, 4.69) is 20.9 Å². The van der Waals surface area contributed by atoms with Crippen molar-refractivity contribution in [2.24, 2.45) is 4.99 Å². The van der Waals surface area contributed by atoms with E-state index in [9.17, 15) is 18.0 Å². The largest absolute Gasteiger partial charge is 0.416 e. The van der Waals surface area contributed by atoms with Gasteiger partial charge in [0, 0.05) is 32.7 Å². The Morgan fingerprint density at radius 1 is 1.00 bits per heavy atom. The zero-order valence-corrected chi connectivity index (χ0v) is 15.0. The molecule has 0 aliphatic carbocycles. The zero-order valence-electron chi connectivity index (χ0n) is 15.0. The third-order valence-electron chi connectivity index (χ3n) is 3.67. The van der Waals surface area contributed by atoms with Gasteiger partial charge in [-0.2, -0.15) is 13.2 Å². The van der Waals surface area contributed by atoms with Crippen LogP contribution in [0.5, 0.6) is 0 Å². The van der Waals surface area contributed by atoms with Gasteiger partial charge in [0.15, 0.2) is 5.96 Å². The van der Waals surface area contributed by atoms with Gasteiger partial charge in [-0.1, -0.05) is 24.3 Å². The first-order valence-corrected chi connectivity index (χ1v) is 8.25. The molecule has 0 radical (unpaired) electrons. The van der Waals surface area contributed by atoms with Crippen molar-refractivity contribution in [1.82, 2.24) is 10.6 Å². The highest BCUT2D eigenvalue weighted by molar-refractivity contribution is 5.88. The third kappa shape index (κ3) is 6.65. The van der Waals surface area contributed by atoms with Gasteiger partial charge in [0.05, 0.1) is 5.56 Å². The molecule has 0 unspecified atom stereocenters. The second-order valence-corrected chi connectivity index (χ2v) is 5.86. The molecular weight excluding hydrogens is 357 g/mol. The number of nitrogens with zero attached hydrogens (tertiary/aromatic N) is 1. The molecular formula is C19H21F3N4O. The van der Waals surface area contributed by atoms with E-state index >= 15 is 0 Å². The summed E-state index contributed by atoms with van der Waals surface area (Å²) >= 11 is 0. The molecule has 3 N–H and O–H groups in total. The predicted octanol–water partition coefficient (Wildman–Crippen LogP) is 3.53. The minimum atomic E-state index is -4.34. The number of amides is 1. The lowest BCUT2D eigenvalue weighted by atomic mass is 10.1. The summed E-state index contributed by atoms with van der Waals surface area (Å²) in [6.07, 6.45) is -4.34. The molecule has 1 amide bonds. The third-order valence-corrected chi connectivity index (χ3v) is 3.67. The van der Waals surface area contributed by atoms with Crippen molar-refractivity contribution >= 4 is 17.6 Å². The number of halogens is 3. The Hall–Kier alpha value is -3.03. The second-order valence-electron chi connectivity index (χ2n) is 5.86. The first kappa shape index (κ1) is 20.3. The summed E-state index contributed by atoms with van der Waals surface area (Å²) in [5, 5.41) is 8.88. The number of carbonyl (C=O) groups is 1. The summed E-state index contributed by atoms with van der Waals surface area (Å²) in [5.41, 5.74) is 1.68. The number of alkyl halides is 3. The summed E-state index contributed by atoms with van der Waals surface area (Å²) in [7, 11) is 1.61. The van der Waals surface area contributed by atoms with E-state index < -0.39 is 11.7 Å². The maximum atomic E-state index is 12.6. The van der Waals surface area contributed by atoms with Gasteiger partial charge in [-0.05, 0) is 35.4 Å². The highest BCUT2D eigenvalue weighted by Crippen LogP contribution is 2.29. The molecule has 2 aromatic carbocycles. The fraction of sp³-hybridized carbons (Fsp3) is 0.263. The van der Waals surface area contributed by atoms with Crippen LogP contribution < -0.4 is 16.0 Å². The highest BCUT2D eigenvalue weighted by Gasteiger charge is 2.29. The van der Waals surface area contributed by atoms with E-state index in [1.165, 1.54) is 19.1 Å². The van der Waals surface area contributed by atoms with Crippen molar-refractivity contribution in [3.8, 4) is 0 Å². The monoisotopic (exact) mass is 378 g/mol. The molecule has 27 heavy (non-hydrogen) atoms. The molecule has 0 aromatic heterocycles. The number of nitrogens with one attached hydrogen (secondary N) is 3. The maximum Gasteiger partial charge on any atom is 0.416 e. The van der Waals surface area contributed by atoms with Crippen LogP contribution in [0, 0.1) is 0 Å². The SMILES string of the molecule is CN=C(NCc1ccc(C(F)(F)F)cc1)NCc1cccc(NC(C)=O)c1. The van der Waals surface area contributed by atoms with Crippen LogP contribution in [-0.4, -0.2) is 18.9 Å². The summed E-state index contributed by atoms with van der Waals surface area (Å²) in [6, 6.07) is 12.4. The Labute approximate surface area is 155 Å². The van der Waals surface area contributed by atoms with Crippen molar-refractivity contribution in [3.63, 3.8) is 0 Å². The van der Waals surface area contributed by atoms with Crippen molar-refractivity contribution in [2.45, 2.75) is 26.2 Å². The fourth-order valence-corrected chi connectivity index (χ4v) is 2.37. The van der Waals surface area contributed by atoms with Crippen molar-refractivity contribution in [3.05, 3.63) is 65.2 Å². The van der Waals surface area contributed by atoms with Gasteiger partial charge < -0.3 is 16.0 Å². The van der Waals surface area contributed by atoms with Crippen LogP contribution in [-0.2, 0) is 24.1 Å². The molecule has 0 fully saturated rings. The molecule has 0 bridgehead atoms. The molecule has 0 saturated heterocycles. The van der Waals surface area contributed by atoms with Crippen LogP contribution in [0.15, 0.2) is 53.5 Å². The van der Waals surface area contributed by atoms with Crippen LogP contribution in [0.1, 0.15) is 23.6 Å². The Morgan fingerprint density at radius 3 is 2.19 bits per heavy atom. The minimum Gasteiger partial charge on any atom is -0.352 e. The quantitative estimate of drug-likeness (QED) is 0.551. The Balaban J connectivity index is 1.88. The number of hydrogen-bond donors (Lipinski definition) is 3. The minimum absolute atomic E-state index is 0.144. The number of carbonyl (C=O) groups excluding carboxylic acids is 1. The van der Waals surface area contributed by atoms with Gasteiger partial charge in [0.2, 0.25) is 5.91 Å². The summed E-state index contributed by atoms with van der Waals surface area (Å²) < 4.78 is 37.7. The maximum absolute atomic E-state index is 12.6. The first-order valence-electron chi connectivity index (χ1n) is 8.25. The van der Waals surface area contributed by atoms with E-state index in [0.29, 0.717) is 30.3 Å². The van der Waals surface area contributed by atoms with Crippen LogP contribution >= 0.6 is 0 Å². The summed E-state index contributed by atoms with van der Waals surface area (Å²) in [4.78, 5) is 15.2. The van der Waals surface area contributed by atoms with E-state index in [1.54, 1.807) is 13.1 Å². The summed E-state index contributed by atoms with van der Waals surface area (Å²) in [6.45, 7) is 2.25. The van der Waals surface area contributed by atoms with E-state index in [-0.39, 0.29) is 5.91 Å². The number of anilines is 1. The predicted molar refractivity (Wildman–Crippen MR) is 99.2 cm³/mol. The van der Waals surface area contributed by atoms with Crippen molar-refractivity contribution in [2.75, 3.05) is 12.4 Å². The number of hydrogen-bond acceptors (Lipinski definition) is 2. The molecule has 144 valence electrons. The number of guanidine groups is 1. The average molecular weight is 378 g/mol. The van der Waals surface area contributed by atoms with Crippen molar-refractivity contribution in [1.29, 1.82) is 0 Å².